The van der Waals surface area contributed by atoms with Crippen LogP contribution in [0.4, 0.5) is 5.69 Å². The number of hydrazone groups is 1. The van der Waals surface area contributed by atoms with Gasteiger partial charge in [0.1, 0.15) is 0 Å². The summed E-state index contributed by atoms with van der Waals surface area (Å²) in [7, 11) is 0. The highest BCUT2D eigenvalue weighted by atomic mass is 32.2. The number of rotatable bonds is 5. The van der Waals surface area contributed by atoms with E-state index in [4.69, 9.17) is 0 Å². The van der Waals surface area contributed by atoms with Gasteiger partial charge in [0.05, 0.1) is 15.3 Å². The molecule has 0 radical (unpaired) electrons. The van der Waals surface area contributed by atoms with Crippen LogP contribution in [0.2, 0.25) is 0 Å². The van der Waals surface area contributed by atoms with Crippen molar-refractivity contribution < 1.29 is 9.72 Å². The quantitative estimate of drug-likeness (QED) is 0.397. The van der Waals surface area contributed by atoms with Gasteiger partial charge in [-0.15, -0.1) is 23.1 Å². The molecule has 2 rings (SSSR count). The average molecular weight is 321 g/mol. The van der Waals surface area contributed by atoms with Crippen LogP contribution in [0.25, 0.3) is 0 Å². The first-order chi connectivity index (χ1) is 10.1. The van der Waals surface area contributed by atoms with Gasteiger partial charge >= 0.3 is 0 Å². The number of amides is 1. The molecule has 1 aromatic heterocycles. The summed E-state index contributed by atoms with van der Waals surface area (Å²) in [6.45, 7) is 0. The van der Waals surface area contributed by atoms with E-state index in [0.717, 1.165) is 9.77 Å². The van der Waals surface area contributed by atoms with E-state index in [2.05, 4.69) is 10.5 Å². The smallest absolute Gasteiger partial charge is 0.267 e. The summed E-state index contributed by atoms with van der Waals surface area (Å²) in [5.41, 5.74) is 3.34. The SMILES string of the molecule is CSc1sccc1/C=N/NC(=O)c1cccc([N+](=O)[O-])c1. The molecule has 1 aromatic carbocycles. The molecular formula is C13H11N3O3S2. The molecule has 1 heterocycles. The van der Waals surface area contributed by atoms with Gasteiger partial charge in [0.2, 0.25) is 0 Å². The average Bonchev–Trinajstić information content (AvgIpc) is 2.94. The van der Waals surface area contributed by atoms with Gasteiger partial charge in [-0.1, -0.05) is 6.07 Å². The number of nitro groups is 1. The Labute approximate surface area is 129 Å². The van der Waals surface area contributed by atoms with E-state index in [-0.39, 0.29) is 11.3 Å². The molecule has 1 N–H and O–H groups in total. The van der Waals surface area contributed by atoms with E-state index in [1.807, 2.05) is 17.7 Å². The Morgan fingerprint density at radius 1 is 1.48 bits per heavy atom. The van der Waals surface area contributed by atoms with Crippen LogP contribution in [-0.4, -0.2) is 23.3 Å². The number of thioether (sulfide) groups is 1. The van der Waals surface area contributed by atoms with Crippen LogP contribution in [0.15, 0.2) is 45.0 Å². The zero-order valence-electron chi connectivity index (χ0n) is 11.0. The lowest BCUT2D eigenvalue weighted by Gasteiger charge is -1.99. The third kappa shape index (κ3) is 3.89. The molecule has 0 spiro atoms. The molecule has 1 amide bonds. The molecule has 0 aliphatic carbocycles. The number of hydrogen-bond acceptors (Lipinski definition) is 6. The van der Waals surface area contributed by atoms with Crippen LogP contribution in [0.1, 0.15) is 15.9 Å². The molecule has 0 bridgehead atoms. The van der Waals surface area contributed by atoms with Gasteiger partial charge in [-0.25, -0.2) is 5.43 Å². The third-order valence-electron chi connectivity index (χ3n) is 2.53. The van der Waals surface area contributed by atoms with Crippen molar-refractivity contribution in [3.63, 3.8) is 0 Å². The Hall–Kier alpha value is -2.19. The molecule has 0 fully saturated rings. The van der Waals surface area contributed by atoms with Crippen molar-refractivity contribution in [3.8, 4) is 0 Å². The van der Waals surface area contributed by atoms with Gasteiger partial charge in [0.15, 0.2) is 0 Å². The largest absolute Gasteiger partial charge is 0.271 e. The van der Waals surface area contributed by atoms with Crippen LogP contribution >= 0.6 is 23.1 Å². The van der Waals surface area contributed by atoms with E-state index in [1.165, 1.54) is 24.3 Å². The fourth-order valence-corrected chi connectivity index (χ4v) is 3.06. The minimum atomic E-state index is -0.545. The number of thiophene rings is 1. The van der Waals surface area contributed by atoms with Crippen LogP contribution in [-0.2, 0) is 0 Å². The zero-order chi connectivity index (χ0) is 15.2. The first kappa shape index (κ1) is 15.2. The summed E-state index contributed by atoms with van der Waals surface area (Å²) < 4.78 is 1.10. The number of carbonyl (C=O) groups is 1. The molecule has 8 heteroatoms. The number of benzene rings is 1. The molecule has 0 atom stereocenters. The van der Waals surface area contributed by atoms with Gasteiger partial charge in [-0.2, -0.15) is 5.10 Å². The Morgan fingerprint density at radius 2 is 2.29 bits per heavy atom. The van der Waals surface area contributed by atoms with E-state index in [9.17, 15) is 14.9 Å². The Kier molecular flexibility index (Phi) is 5.07. The molecule has 0 saturated heterocycles. The van der Waals surface area contributed by atoms with Crippen molar-refractivity contribution >= 4 is 40.9 Å². The van der Waals surface area contributed by atoms with Crippen LogP contribution < -0.4 is 5.43 Å². The maximum atomic E-state index is 11.9. The van der Waals surface area contributed by atoms with E-state index in [0.29, 0.717) is 0 Å². The molecule has 0 aliphatic heterocycles. The number of nitro benzene ring substituents is 1. The van der Waals surface area contributed by atoms with Crippen molar-refractivity contribution in [2.75, 3.05) is 6.26 Å². The van der Waals surface area contributed by atoms with E-state index >= 15 is 0 Å². The summed E-state index contributed by atoms with van der Waals surface area (Å²) in [6.07, 6.45) is 3.52. The van der Waals surface area contributed by atoms with Gasteiger partial charge in [0, 0.05) is 23.3 Å². The van der Waals surface area contributed by atoms with E-state index in [1.54, 1.807) is 29.3 Å². The summed E-state index contributed by atoms with van der Waals surface area (Å²) in [5.74, 6) is -0.490. The van der Waals surface area contributed by atoms with Crippen LogP contribution in [0.5, 0.6) is 0 Å². The predicted octanol–water partition coefficient (Wildman–Crippen LogP) is 3.14. The summed E-state index contributed by atoms with van der Waals surface area (Å²) in [4.78, 5) is 22.0. The fourth-order valence-electron chi connectivity index (χ4n) is 1.55. The summed E-state index contributed by atoms with van der Waals surface area (Å²) in [5, 5.41) is 16.5. The third-order valence-corrected chi connectivity index (χ3v) is 4.65. The number of non-ortho nitro benzene ring substituents is 1. The highest BCUT2D eigenvalue weighted by molar-refractivity contribution is 8.00. The fraction of sp³-hybridized carbons (Fsp3) is 0.0769. The molecule has 21 heavy (non-hydrogen) atoms. The maximum Gasteiger partial charge on any atom is 0.271 e. The monoisotopic (exact) mass is 321 g/mol. The Morgan fingerprint density at radius 3 is 3.00 bits per heavy atom. The maximum absolute atomic E-state index is 11.9. The van der Waals surface area contributed by atoms with Crippen LogP contribution in [0, 0.1) is 10.1 Å². The highest BCUT2D eigenvalue weighted by Gasteiger charge is 2.10. The van der Waals surface area contributed by atoms with Gasteiger partial charge in [-0.05, 0) is 23.8 Å². The minimum Gasteiger partial charge on any atom is -0.267 e. The standard InChI is InChI=1S/C13H11N3O3S2/c1-20-13-10(5-6-21-13)8-14-15-12(17)9-3-2-4-11(7-9)16(18)19/h2-8H,1H3,(H,15,17)/b14-8+. The minimum absolute atomic E-state index is 0.130. The van der Waals surface area contributed by atoms with Crippen molar-refractivity contribution in [1.82, 2.24) is 5.43 Å². The zero-order valence-corrected chi connectivity index (χ0v) is 12.6. The first-order valence-electron chi connectivity index (χ1n) is 5.81. The summed E-state index contributed by atoms with van der Waals surface area (Å²) >= 11 is 3.20. The molecule has 0 unspecified atom stereocenters. The number of carbonyl (C=O) groups excluding carboxylic acids is 1. The van der Waals surface area contributed by atoms with Gasteiger partial charge in [-0.3, -0.25) is 14.9 Å². The predicted molar refractivity (Wildman–Crippen MR) is 84.3 cm³/mol. The molecule has 108 valence electrons. The topological polar surface area (TPSA) is 84.6 Å². The highest BCUT2D eigenvalue weighted by Crippen LogP contribution is 2.25. The van der Waals surface area contributed by atoms with Gasteiger partial charge < -0.3 is 0 Å². The molecule has 6 nitrogen and oxygen atoms in total. The van der Waals surface area contributed by atoms with Gasteiger partial charge in [0.25, 0.3) is 11.6 Å². The molecule has 0 saturated carbocycles. The Bertz CT molecular complexity index is 697. The molecule has 0 aliphatic rings. The van der Waals surface area contributed by atoms with Crippen molar-refractivity contribution in [1.29, 1.82) is 0 Å². The summed E-state index contributed by atoms with van der Waals surface area (Å²) in [6, 6.07) is 7.40. The Balaban J connectivity index is 2.05. The van der Waals surface area contributed by atoms with Crippen LogP contribution in [0.3, 0.4) is 0 Å². The van der Waals surface area contributed by atoms with Crippen molar-refractivity contribution in [2.24, 2.45) is 5.10 Å². The molecular weight excluding hydrogens is 310 g/mol. The number of hydrogen-bond donors (Lipinski definition) is 1. The lowest BCUT2D eigenvalue weighted by atomic mass is 10.2. The normalized spacial score (nSPS) is 10.7. The number of nitrogens with zero attached hydrogens (tertiary/aromatic N) is 2. The second kappa shape index (κ2) is 7.00. The number of nitrogens with one attached hydrogen (secondary N) is 1. The van der Waals surface area contributed by atoms with E-state index < -0.39 is 10.8 Å². The first-order valence-corrected chi connectivity index (χ1v) is 7.91. The van der Waals surface area contributed by atoms with Crippen molar-refractivity contribution in [3.05, 3.63) is 57.0 Å². The van der Waals surface area contributed by atoms with Crippen molar-refractivity contribution in [2.45, 2.75) is 4.21 Å². The lowest BCUT2D eigenvalue weighted by molar-refractivity contribution is -0.384. The second-order valence-electron chi connectivity index (χ2n) is 3.87. The second-order valence-corrected chi connectivity index (χ2v) is 5.87. The molecule has 2 aromatic rings. The lowest BCUT2D eigenvalue weighted by Crippen LogP contribution is -2.17.